The summed E-state index contributed by atoms with van der Waals surface area (Å²) in [4.78, 5) is 24.5. The Hall–Kier alpha value is -2.93. The first-order valence-corrected chi connectivity index (χ1v) is 10.6. The third-order valence-corrected chi connectivity index (χ3v) is 5.31. The summed E-state index contributed by atoms with van der Waals surface area (Å²) in [5.74, 6) is -0.454. The fourth-order valence-corrected chi connectivity index (χ4v) is 3.58. The molecule has 0 bridgehead atoms. The molecule has 30 heavy (non-hydrogen) atoms. The van der Waals surface area contributed by atoms with Gasteiger partial charge in [-0.2, -0.15) is 5.10 Å². The summed E-state index contributed by atoms with van der Waals surface area (Å²) in [6, 6.07) is 13.5. The highest BCUT2D eigenvalue weighted by atomic mass is 79.9. The van der Waals surface area contributed by atoms with Crippen molar-refractivity contribution < 1.29 is 14.3 Å². The number of rotatable bonds is 7. The molecule has 0 aliphatic rings. The van der Waals surface area contributed by atoms with Crippen LogP contribution in [0.15, 0.2) is 53.1 Å². The van der Waals surface area contributed by atoms with Gasteiger partial charge < -0.3 is 10.1 Å². The van der Waals surface area contributed by atoms with Gasteiger partial charge in [0.25, 0.3) is 0 Å². The lowest BCUT2D eigenvalue weighted by atomic mass is 10.0. The molecule has 0 saturated carbocycles. The summed E-state index contributed by atoms with van der Waals surface area (Å²) < 4.78 is 7.73. The highest BCUT2D eigenvalue weighted by Gasteiger charge is 2.16. The number of carbonyl (C=O) groups is 2. The second kappa shape index (κ2) is 9.71. The maximum absolute atomic E-state index is 12.5. The van der Waals surface area contributed by atoms with E-state index in [0.717, 1.165) is 15.7 Å². The van der Waals surface area contributed by atoms with Gasteiger partial charge in [-0.25, -0.2) is 9.48 Å². The Morgan fingerprint density at radius 1 is 1.17 bits per heavy atom. The number of anilines is 1. The number of carbonyl (C=O) groups excluding carboxylic acids is 2. The third kappa shape index (κ3) is 5.16. The first-order chi connectivity index (χ1) is 14.4. The Kier molecular flexibility index (Phi) is 7.05. The molecule has 0 radical (unpaired) electrons. The van der Waals surface area contributed by atoms with Crippen LogP contribution in [0.2, 0.25) is 0 Å². The zero-order valence-corrected chi connectivity index (χ0v) is 18.8. The number of ether oxygens (including phenoxy) is 1. The zero-order valence-electron chi connectivity index (χ0n) is 17.2. The van der Waals surface area contributed by atoms with Crippen LogP contribution >= 0.6 is 15.9 Å². The average Bonchev–Trinajstić information content (AvgIpc) is 3.10. The summed E-state index contributed by atoms with van der Waals surface area (Å²) in [5, 5.41) is 7.24. The molecule has 0 fully saturated rings. The van der Waals surface area contributed by atoms with Gasteiger partial charge in [0.2, 0.25) is 5.91 Å². The van der Waals surface area contributed by atoms with E-state index in [9.17, 15) is 9.59 Å². The molecule has 0 atom stereocenters. The summed E-state index contributed by atoms with van der Waals surface area (Å²) in [6.45, 7) is 5.93. The Bertz CT molecular complexity index is 1080. The minimum atomic E-state index is -0.395. The lowest BCUT2D eigenvalue weighted by molar-refractivity contribution is -0.116. The van der Waals surface area contributed by atoms with Crippen molar-refractivity contribution in [2.75, 3.05) is 11.9 Å². The fraction of sp³-hybridized carbons (Fsp3) is 0.261. The van der Waals surface area contributed by atoms with E-state index >= 15 is 0 Å². The molecule has 0 spiro atoms. The molecule has 1 N–H and O–H groups in total. The third-order valence-electron chi connectivity index (χ3n) is 4.81. The summed E-state index contributed by atoms with van der Waals surface area (Å²) in [7, 11) is 0. The molecule has 1 aromatic heterocycles. The Morgan fingerprint density at radius 3 is 2.73 bits per heavy atom. The van der Waals surface area contributed by atoms with E-state index in [2.05, 4.69) is 26.3 Å². The van der Waals surface area contributed by atoms with E-state index in [0.29, 0.717) is 36.4 Å². The van der Waals surface area contributed by atoms with Crippen molar-refractivity contribution in [1.29, 1.82) is 0 Å². The number of aryl methyl sites for hydroxylation is 2. The standard InChI is InChI=1S/C23H24BrN3O3/c1-4-30-23(29)21-14-25-27(16(21)3)20-7-5-6-19(13-20)26-22(28)11-9-17-12-18(24)10-8-15(17)2/h5-8,10,12-14H,4,9,11H2,1-3H3,(H,26,28). The number of amides is 1. The number of hydrogen-bond acceptors (Lipinski definition) is 4. The predicted molar refractivity (Wildman–Crippen MR) is 120 cm³/mol. The number of esters is 1. The molecule has 2 aromatic carbocycles. The monoisotopic (exact) mass is 469 g/mol. The predicted octanol–water partition coefficient (Wildman–Crippen LogP) is 5.00. The van der Waals surface area contributed by atoms with Crippen LogP contribution in [0.25, 0.3) is 5.69 Å². The van der Waals surface area contributed by atoms with Crippen LogP contribution in [0.5, 0.6) is 0 Å². The number of halogens is 1. The van der Waals surface area contributed by atoms with Gasteiger partial charge in [0.1, 0.15) is 5.56 Å². The minimum Gasteiger partial charge on any atom is -0.462 e. The Labute approximate surface area is 184 Å². The highest BCUT2D eigenvalue weighted by molar-refractivity contribution is 9.10. The van der Waals surface area contributed by atoms with E-state index in [1.165, 1.54) is 11.8 Å². The smallest absolute Gasteiger partial charge is 0.341 e. The van der Waals surface area contributed by atoms with Gasteiger partial charge in [0.05, 0.1) is 24.2 Å². The molecule has 1 heterocycles. The zero-order chi connectivity index (χ0) is 21.7. The van der Waals surface area contributed by atoms with Crippen molar-refractivity contribution in [3.8, 4) is 5.69 Å². The average molecular weight is 470 g/mol. The minimum absolute atomic E-state index is 0.0593. The molecule has 156 valence electrons. The van der Waals surface area contributed by atoms with Crippen LogP contribution < -0.4 is 5.32 Å². The maximum Gasteiger partial charge on any atom is 0.341 e. The molecule has 3 aromatic rings. The van der Waals surface area contributed by atoms with Crippen molar-refractivity contribution in [3.63, 3.8) is 0 Å². The Balaban J connectivity index is 1.69. The van der Waals surface area contributed by atoms with E-state index in [1.54, 1.807) is 11.6 Å². The van der Waals surface area contributed by atoms with Crippen molar-refractivity contribution in [2.45, 2.75) is 33.6 Å². The molecule has 0 saturated heterocycles. The van der Waals surface area contributed by atoms with Crippen LogP contribution in [-0.4, -0.2) is 28.3 Å². The molecular weight excluding hydrogens is 446 g/mol. The number of aromatic nitrogens is 2. The Morgan fingerprint density at radius 2 is 1.97 bits per heavy atom. The van der Waals surface area contributed by atoms with E-state index in [4.69, 9.17) is 4.74 Å². The molecule has 0 unspecified atom stereocenters. The van der Waals surface area contributed by atoms with Crippen LogP contribution in [0.3, 0.4) is 0 Å². The van der Waals surface area contributed by atoms with Crippen LogP contribution in [0, 0.1) is 13.8 Å². The van der Waals surface area contributed by atoms with E-state index < -0.39 is 5.97 Å². The second-order valence-corrected chi connectivity index (χ2v) is 7.86. The summed E-state index contributed by atoms with van der Waals surface area (Å²) in [6.07, 6.45) is 2.55. The van der Waals surface area contributed by atoms with Crippen LogP contribution in [-0.2, 0) is 16.0 Å². The second-order valence-electron chi connectivity index (χ2n) is 6.95. The molecular formula is C23H24BrN3O3. The maximum atomic E-state index is 12.5. The van der Waals surface area contributed by atoms with Gasteiger partial charge in [0, 0.05) is 16.6 Å². The molecule has 0 aliphatic heterocycles. The highest BCUT2D eigenvalue weighted by Crippen LogP contribution is 2.20. The number of benzene rings is 2. The first kappa shape index (κ1) is 21.8. The lowest BCUT2D eigenvalue weighted by Crippen LogP contribution is -2.13. The van der Waals surface area contributed by atoms with Gasteiger partial charge in [0.15, 0.2) is 0 Å². The SMILES string of the molecule is CCOC(=O)c1cnn(-c2cccc(NC(=O)CCc3cc(Br)ccc3C)c2)c1C. The van der Waals surface area contributed by atoms with Crippen molar-refractivity contribution in [1.82, 2.24) is 9.78 Å². The van der Waals surface area contributed by atoms with Crippen molar-refractivity contribution >= 4 is 33.5 Å². The van der Waals surface area contributed by atoms with Crippen molar-refractivity contribution in [3.05, 3.63) is 75.5 Å². The molecule has 3 rings (SSSR count). The quantitative estimate of drug-likeness (QED) is 0.494. The normalized spacial score (nSPS) is 10.7. The van der Waals surface area contributed by atoms with Gasteiger partial charge in [-0.05, 0) is 68.7 Å². The molecule has 1 amide bonds. The largest absolute Gasteiger partial charge is 0.462 e. The molecule has 7 heteroatoms. The topological polar surface area (TPSA) is 73.2 Å². The van der Waals surface area contributed by atoms with Crippen molar-refractivity contribution in [2.24, 2.45) is 0 Å². The number of nitrogens with one attached hydrogen (secondary N) is 1. The van der Waals surface area contributed by atoms with Crippen LogP contribution in [0.4, 0.5) is 5.69 Å². The summed E-state index contributed by atoms with van der Waals surface area (Å²) in [5.41, 5.74) is 4.85. The van der Waals surface area contributed by atoms with Crippen LogP contribution in [0.1, 0.15) is 40.5 Å². The van der Waals surface area contributed by atoms with E-state index in [1.807, 2.05) is 56.3 Å². The first-order valence-electron chi connectivity index (χ1n) is 9.76. The number of hydrogen-bond donors (Lipinski definition) is 1. The van der Waals surface area contributed by atoms with Gasteiger partial charge >= 0.3 is 5.97 Å². The molecule has 0 aliphatic carbocycles. The summed E-state index contributed by atoms with van der Waals surface area (Å²) >= 11 is 3.47. The van der Waals surface area contributed by atoms with Gasteiger partial charge in [-0.1, -0.05) is 28.1 Å². The number of nitrogens with zero attached hydrogens (tertiary/aromatic N) is 2. The van der Waals surface area contributed by atoms with E-state index in [-0.39, 0.29) is 5.91 Å². The van der Waals surface area contributed by atoms with Gasteiger partial charge in [-0.15, -0.1) is 0 Å². The fourth-order valence-electron chi connectivity index (χ4n) is 3.18. The van der Waals surface area contributed by atoms with Gasteiger partial charge in [-0.3, -0.25) is 4.79 Å². The lowest BCUT2D eigenvalue weighted by Gasteiger charge is -2.10. The molecule has 6 nitrogen and oxygen atoms in total.